The number of phenols is 1. The molecule has 1 heterocycles. The summed E-state index contributed by atoms with van der Waals surface area (Å²) in [5.74, 6) is -4.73. The van der Waals surface area contributed by atoms with Crippen molar-refractivity contribution in [1.29, 1.82) is 0 Å². The van der Waals surface area contributed by atoms with Gasteiger partial charge in [-0.25, -0.2) is 9.59 Å². The number of ether oxygens (including phenoxy) is 4. The lowest BCUT2D eigenvalue weighted by atomic mass is 9.82. The zero-order chi connectivity index (χ0) is 36.3. The molecule has 10 nitrogen and oxygen atoms in total. The molecule has 1 aromatic rings. The van der Waals surface area contributed by atoms with Gasteiger partial charge in [-0.2, -0.15) is 0 Å². The highest BCUT2D eigenvalue weighted by Crippen LogP contribution is 2.32. The van der Waals surface area contributed by atoms with Crippen molar-refractivity contribution in [2.75, 3.05) is 27.0 Å². The number of methoxy groups -OCH3 is 1. The fourth-order valence-electron chi connectivity index (χ4n) is 5.97. The average molecular weight is 694 g/mol. The summed E-state index contributed by atoms with van der Waals surface area (Å²) < 4.78 is 36.2. The minimum Gasteiger partial charge on any atom is -0.508 e. The second kappa shape index (κ2) is 21.3. The zero-order valence-corrected chi connectivity index (χ0v) is 30.3. The predicted octanol–water partition coefficient (Wildman–Crippen LogP) is 6.64. The molecule has 1 amide bonds. The number of amides is 1. The summed E-state index contributed by atoms with van der Waals surface area (Å²) in [6.07, 6.45) is 14.3. The monoisotopic (exact) mass is 693 g/mol. The number of esters is 2. The van der Waals surface area contributed by atoms with Crippen molar-refractivity contribution in [3.05, 3.63) is 42.0 Å². The Balaban J connectivity index is 2.10. The molecule has 0 spiro atoms. The van der Waals surface area contributed by atoms with Crippen LogP contribution in [-0.2, 0) is 39.8 Å². The summed E-state index contributed by atoms with van der Waals surface area (Å²) in [4.78, 5) is 39.7. The Morgan fingerprint density at radius 3 is 2.12 bits per heavy atom. The number of hydrogen-bond acceptors (Lipinski definition) is 9. The summed E-state index contributed by atoms with van der Waals surface area (Å²) in [5, 5.41) is 23.8. The number of aromatic hydroxyl groups is 1. The maximum absolute atomic E-state index is 13.9. The van der Waals surface area contributed by atoms with E-state index in [2.05, 4.69) is 12.2 Å². The van der Waals surface area contributed by atoms with Crippen LogP contribution in [0.2, 0.25) is 0 Å². The number of halogens is 1. The average Bonchev–Trinajstić information content (AvgIpc) is 3.52. The van der Waals surface area contributed by atoms with Crippen molar-refractivity contribution in [3.8, 4) is 5.75 Å². The molecule has 278 valence electrons. The highest BCUT2D eigenvalue weighted by atomic mass is 19.1. The molecule has 1 aliphatic heterocycles. The Morgan fingerprint density at radius 1 is 0.980 bits per heavy atom. The van der Waals surface area contributed by atoms with E-state index in [-0.39, 0.29) is 12.2 Å². The number of nitrogens with one attached hydrogen (secondary N) is 1. The molecule has 11 heteroatoms. The fourth-order valence-corrected chi connectivity index (χ4v) is 5.97. The first-order chi connectivity index (χ1) is 23.3. The van der Waals surface area contributed by atoms with E-state index in [4.69, 9.17) is 18.9 Å². The molecule has 0 saturated carbocycles. The first-order valence-corrected chi connectivity index (χ1v) is 17.9. The Labute approximate surface area is 292 Å². The molecule has 0 bridgehead atoms. The molecular weight excluding hydrogens is 633 g/mol. The number of hydrogen-bond donors (Lipinski definition) is 3. The molecule has 3 atom stereocenters. The molecule has 2 rings (SSSR count). The molecule has 0 radical (unpaired) electrons. The quantitative estimate of drug-likeness (QED) is 0.0654. The van der Waals surface area contributed by atoms with Gasteiger partial charge in [0.1, 0.15) is 17.4 Å². The van der Waals surface area contributed by atoms with Gasteiger partial charge in [-0.15, -0.1) is 0 Å². The summed E-state index contributed by atoms with van der Waals surface area (Å²) in [5.41, 5.74) is -2.92. The van der Waals surface area contributed by atoms with Crippen molar-refractivity contribution in [2.45, 2.75) is 141 Å². The number of aliphatic hydroxyl groups is 1. The molecule has 1 saturated heterocycles. The highest BCUT2D eigenvalue weighted by molar-refractivity contribution is 5.93. The van der Waals surface area contributed by atoms with E-state index in [0.717, 1.165) is 44.9 Å². The van der Waals surface area contributed by atoms with E-state index in [1.807, 2.05) is 0 Å². The maximum atomic E-state index is 13.9. The van der Waals surface area contributed by atoms with Gasteiger partial charge in [-0.05, 0) is 64.2 Å². The van der Waals surface area contributed by atoms with Crippen LogP contribution < -0.4 is 5.32 Å². The van der Waals surface area contributed by atoms with Gasteiger partial charge < -0.3 is 34.5 Å². The number of benzene rings is 1. The van der Waals surface area contributed by atoms with Crippen LogP contribution in [0.25, 0.3) is 0 Å². The van der Waals surface area contributed by atoms with E-state index in [0.29, 0.717) is 25.2 Å². The van der Waals surface area contributed by atoms with Crippen LogP contribution >= 0.6 is 0 Å². The number of alkyl halides is 1. The van der Waals surface area contributed by atoms with Crippen molar-refractivity contribution in [1.82, 2.24) is 5.32 Å². The smallest absolute Gasteiger partial charge is 0.339 e. The third-order valence-electron chi connectivity index (χ3n) is 8.69. The summed E-state index contributed by atoms with van der Waals surface area (Å²) >= 11 is 0. The SMILES string of the molecule is CCCCCCCC1(CCCCCC/C=C/[C@H](C(=O)N[C@@H](Cc2ccc(O)cc2)C(=O)OC)[C@@](O)(CCF)C(=O)OC(C)(C)C)OCCO1. The Morgan fingerprint density at radius 2 is 1.57 bits per heavy atom. The van der Waals surface area contributed by atoms with Gasteiger partial charge in [0.2, 0.25) is 5.91 Å². The summed E-state index contributed by atoms with van der Waals surface area (Å²) in [6, 6.07) is 4.90. The molecule has 0 aromatic heterocycles. The molecule has 1 aliphatic rings. The molecular formula is C38H60FNO9. The number of phenolic OH excluding ortho intramolecular Hbond substituents is 1. The Bertz CT molecular complexity index is 1160. The largest absolute Gasteiger partial charge is 0.508 e. The number of unbranched alkanes of at least 4 members (excludes halogenated alkanes) is 8. The van der Waals surface area contributed by atoms with E-state index in [1.165, 1.54) is 51.0 Å². The lowest BCUT2D eigenvalue weighted by Gasteiger charge is -2.34. The van der Waals surface area contributed by atoms with Crippen LogP contribution in [0.15, 0.2) is 36.4 Å². The normalized spacial score (nSPS) is 17.0. The Kier molecular flexibility index (Phi) is 18.3. The van der Waals surface area contributed by atoms with Crippen molar-refractivity contribution in [2.24, 2.45) is 5.92 Å². The lowest BCUT2D eigenvalue weighted by Crippen LogP contribution is -2.56. The van der Waals surface area contributed by atoms with Crippen LogP contribution in [-0.4, -0.2) is 78.1 Å². The molecule has 0 aliphatic carbocycles. The molecule has 0 unspecified atom stereocenters. The fraction of sp³-hybridized carbons (Fsp3) is 0.711. The number of carbonyl (C=O) groups is 3. The van der Waals surface area contributed by atoms with Gasteiger partial charge in [0.05, 0.1) is 32.9 Å². The van der Waals surface area contributed by atoms with E-state index < -0.39 is 59.9 Å². The topological polar surface area (TPSA) is 141 Å². The van der Waals surface area contributed by atoms with E-state index in [1.54, 1.807) is 39.0 Å². The van der Waals surface area contributed by atoms with Crippen LogP contribution in [0.1, 0.15) is 117 Å². The minimum atomic E-state index is -2.53. The summed E-state index contributed by atoms with van der Waals surface area (Å²) in [6.45, 7) is 7.20. The zero-order valence-electron chi connectivity index (χ0n) is 30.3. The van der Waals surface area contributed by atoms with Gasteiger partial charge in [0.15, 0.2) is 11.4 Å². The van der Waals surface area contributed by atoms with Crippen LogP contribution in [0.3, 0.4) is 0 Å². The third-order valence-corrected chi connectivity index (χ3v) is 8.69. The lowest BCUT2D eigenvalue weighted by molar-refractivity contribution is -0.184. The molecule has 49 heavy (non-hydrogen) atoms. The number of allylic oxidation sites excluding steroid dienone is 1. The standard InChI is InChI=1S/C38H60FNO9/c1-6-7-8-12-15-22-37(47-26-27-48-37)23-16-13-10-9-11-14-17-31(38(45,24-25-39)35(44)49-36(2,3)4)33(42)40-32(34(43)46-5)28-29-18-20-30(41)21-19-29/h14,17-21,31-32,41,45H,6-13,15-16,22-28H2,1-5H3,(H,40,42)/b17-14+/t31-,32+,38+/m1/s1. The van der Waals surface area contributed by atoms with Crippen molar-refractivity contribution in [3.63, 3.8) is 0 Å². The second-order valence-corrected chi connectivity index (χ2v) is 14.0. The third kappa shape index (κ3) is 14.8. The van der Waals surface area contributed by atoms with Gasteiger partial charge in [-0.3, -0.25) is 9.18 Å². The van der Waals surface area contributed by atoms with Gasteiger partial charge in [0.25, 0.3) is 0 Å². The van der Waals surface area contributed by atoms with Crippen molar-refractivity contribution < 1.29 is 47.9 Å². The predicted molar refractivity (Wildman–Crippen MR) is 185 cm³/mol. The minimum absolute atomic E-state index is 0.0132. The first-order valence-electron chi connectivity index (χ1n) is 17.9. The van der Waals surface area contributed by atoms with Gasteiger partial charge in [0, 0.05) is 25.7 Å². The molecule has 1 aromatic carbocycles. The molecule has 1 fully saturated rings. The summed E-state index contributed by atoms with van der Waals surface area (Å²) in [7, 11) is 1.18. The first kappa shape index (κ1) is 42.1. The van der Waals surface area contributed by atoms with Crippen LogP contribution in [0, 0.1) is 5.92 Å². The van der Waals surface area contributed by atoms with Crippen LogP contribution in [0.4, 0.5) is 4.39 Å². The molecule has 3 N–H and O–H groups in total. The Hall–Kier alpha value is -3.02. The highest BCUT2D eigenvalue weighted by Gasteiger charge is 2.49. The van der Waals surface area contributed by atoms with Gasteiger partial charge >= 0.3 is 11.9 Å². The second-order valence-electron chi connectivity index (χ2n) is 14.0. The van der Waals surface area contributed by atoms with Crippen molar-refractivity contribution >= 4 is 17.8 Å². The number of carbonyl (C=O) groups excluding carboxylic acids is 3. The van der Waals surface area contributed by atoms with Crippen LogP contribution in [0.5, 0.6) is 5.75 Å². The van der Waals surface area contributed by atoms with E-state index in [9.17, 15) is 29.0 Å². The maximum Gasteiger partial charge on any atom is 0.339 e. The number of rotatable bonds is 23. The van der Waals surface area contributed by atoms with Gasteiger partial charge in [-0.1, -0.05) is 69.7 Å². The van der Waals surface area contributed by atoms with E-state index >= 15 is 0 Å².